The van der Waals surface area contributed by atoms with Crippen LogP contribution in [0, 0.1) is 0 Å². The van der Waals surface area contributed by atoms with Crippen LogP contribution in [0.1, 0.15) is 31.2 Å². The van der Waals surface area contributed by atoms with Gasteiger partial charge in [0, 0.05) is 16.6 Å². The second-order valence-electron chi connectivity index (χ2n) is 4.95. The van der Waals surface area contributed by atoms with Crippen LogP contribution in [0.3, 0.4) is 0 Å². The zero-order valence-corrected chi connectivity index (χ0v) is 11.7. The Kier molecular flexibility index (Phi) is 5.01. The monoisotopic (exact) mass is 296 g/mol. The summed E-state index contributed by atoms with van der Waals surface area (Å²) < 4.78 is 1.17. The Morgan fingerprint density at radius 2 is 2.00 bits per heavy atom. The molecule has 17 heavy (non-hydrogen) atoms. The molecular weight excluding hydrogens is 276 g/mol. The highest BCUT2D eigenvalue weighted by atomic mass is 79.9. The van der Waals surface area contributed by atoms with Crippen LogP contribution >= 0.6 is 15.9 Å². The van der Waals surface area contributed by atoms with Crippen LogP contribution < -0.4 is 11.1 Å². The van der Waals surface area contributed by atoms with Crippen LogP contribution in [0.15, 0.2) is 28.7 Å². The zero-order chi connectivity index (χ0) is 12.1. The molecule has 1 aromatic carbocycles. The normalized spacial score (nSPS) is 24.8. The molecule has 0 radical (unpaired) electrons. The van der Waals surface area contributed by atoms with E-state index >= 15 is 0 Å². The summed E-state index contributed by atoms with van der Waals surface area (Å²) in [7, 11) is 0. The van der Waals surface area contributed by atoms with Gasteiger partial charge < -0.3 is 11.1 Å². The van der Waals surface area contributed by atoms with E-state index in [0.29, 0.717) is 12.1 Å². The Balaban J connectivity index is 1.69. The van der Waals surface area contributed by atoms with Gasteiger partial charge in [0.05, 0.1) is 0 Å². The Morgan fingerprint density at radius 1 is 1.24 bits per heavy atom. The maximum atomic E-state index is 5.90. The summed E-state index contributed by atoms with van der Waals surface area (Å²) in [6.45, 7) is 1.07. The van der Waals surface area contributed by atoms with Crippen molar-refractivity contribution in [3.8, 4) is 0 Å². The maximum Gasteiger partial charge on any atom is 0.0178 e. The molecule has 1 saturated carbocycles. The molecule has 94 valence electrons. The lowest BCUT2D eigenvalue weighted by atomic mass is 9.92. The van der Waals surface area contributed by atoms with Crippen molar-refractivity contribution >= 4 is 15.9 Å². The quantitative estimate of drug-likeness (QED) is 0.897. The van der Waals surface area contributed by atoms with Crippen LogP contribution in [0.5, 0.6) is 0 Å². The van der Waals surface area contributed by atoms with E-state index in [0.717, 1.165) is 13.0 Å². The molecule has 1 aliphatic rings. The van der Waals surface area contributed by atoms with Gasteiger partial charge in [-0.2, -0.15) is 0 Å². The Labute approximate surface area is 112 Å². The average Bonchev–Trinajstić information content (AvgIpc) is 2.32. The van der Waals surface area contributed by atoms with Gasteiger partial charge in [-0.05, 0) is 56.3 Å². The molecule has 3 heteroatoms. The summed E-state index contributed by atoms with van der Waals surface area (Å²) in [5, 5.41) is 3.64. The summed E-state index contributed by atoms with van der Waals surface area (Å²) in [5.74, 6) is 0. The first-order valence-corrected chi connectivity index (χ1v) is 7.27. The van der Waals surface area contributed by atoms with Crippen molar-refractivity contribution in [1.29, 1.82) is 0 Å². The van der Waals surface area contributed by atoms with E-state index in [1.165, 1.54) is 35.7 Å². The number of rotatable bonds is 4. The molecule has 0 amide bonds. The van der Waals surface area contributed by atoms with Crippen LogP contribution in [0.4, 0.5) is 0 Å². The second kappa shape index (κ2) is 6.53. The predicted octanol–water partition coefficient (Wildman–Crippen LogP) is 2.85. The van der Waals surface area contributed by atoms with Gasteiger partial charge in [-0.3, -0.25) is 0 Å². The van der Waals surface area contributed by atoms with E-state index in [1.54, 1.807) is 0 Å². The molecule has 2 rings (SSSR count). The first-order valence-electron chi connectivity index (χ1n) is 6.47. The largest absolute Gasteiger partial charge is 0.328 e. The fraction of sp³-hybridized carbons (Fsp3) is 0.571. The van der Waals surface area contributed by atoms with Crippen molar-refractivity contribution < 1.29 is 0 Å². The summed E-state index contributed by atoms with van der Waals surface area (Å²) in [4.78, 5) is 0. The first kappa shape index (κ1) is 13.1. The van der Waals surface area contributed by atoms with Crippen LogP contribution in [-0.4, -0.2) is 18.6 Å². The van der Waals surface area contributed by atoms with Crippen molar-refractivity contribution in [1.82, 2.24) is 5.32 Å². The molecule has 2 nitrogen and oxygen atoms in total. The van der Waals surface area contributed by atoms with Crippen LogP contribution in [0.25, 0.3) is 0 Å². The summed E-state index contributed by atoms with van der Waals surface area (Å²) >= 11 is 3.50. The van der Waals surface area contributed by atoms with Crippen LogP contribution in [-0.2, 0) is 6.42 Å². The highest BCUT2D eigenvalue weighted by molar-refractivity contribution is 9.10. The molecule has 3 N–H and O–H groups in total. The topological polar surface area (TPSA) is 38.0 Å². The van der Waals surface area contributed by atoms with Crippen molar-refractivity contribution in [3.63, 3.8) is 0 Å². The number of halogens is 1. The van der Waals surface area contributed by atoms with E-state index in [4.69, 9.17) is 5.73 Å². The van der Waals surface area contributed by atoms with Crippen LogP contribution in [0.2, 0.25) is 0 Å². The molecular formula is C14H21BrN2. The first-order chi connectivity index (χ1) is 8.24. The fourth-order valence-corrected chi connectivity index (χ4v) is 2.88. The zero-order valence-electron chi connectivity index (χ0n) is 10.2. The van der Waals surface area contributed by atoms with Crippen molar-refractivity contribution in [2.24, 2.45) is 5.73 Å². The molecule has 0 unspecified atom stereocenters. The highest BCUT2D eigenvalue weighted by Crippen LogP contribution is 2.17. The minimum absolute atomic E-state index is 0.443. The van der Waals surface area contributed by atoms with Gasteiger partial charge in [0.1, 0.15) is 0 Å². The molecule has 0 saturated heterocycles. The molecule has 0 heterocycles. The second-order valence-corrected chi connectivity index (χ2v) is 5.86. The minimum Gasteiger partial charge on any atom is -0.328 e. The van der Waals surface area contributed by atoms with E-state index < -0.39 is 0 Å². The average molecular weight is 297 g/mol. The van der Waals surface area contributed by atoms with E-state index in [2.05, 4.69) is 45.5 Å². The lowest BCUT2D eigenvalue weighted by Crippen LogP contribution is -2.38. The molecule has 0 aliphatic heterocycles. The third kappa shape index (κ3) is 4.41. The SMILES string of the molecule is NC1CCC(NCCc2cccc(Br)c2)CC1. The van der Waals surface area contributed by atoms with Crippen molar-refractivity contribution in [2.75, 3.05) is 6.54 Å². The molecule has 0 aromatic heterocycles. The number of benzene rings is 1. The smallest absolute Gasteiger partial charge is 0.0178 e. The molecule has 1 aliphatic carbocycles. The molecule has 0 spiro atoms. The third-order valence-electron chi connectivity index (χ3n) is 3.51. The summed E-state index contributed by atoms with van der Waals surface area (Å²) in [6, 6.07) is 9.67. The number of hydrogen-bond donors (Lipinski definition) is 2. The van der Waals surface area contributed by atoms with Gasteiger partial charge in [0.25, 0.3) is 0 Å². The number of nitrogens with two attached hydrogens (primary N) is 1. The fourth-order valence-electron chi connectivity index (χ4n) is 2.44. The predicted molar refractivity (Wildman–Crippen MR) is 76.1 cm³/mol. The molecule has 0 bridgehead atoms. The third-order valence-corrected chi connectivity index (χ3v) is 4.00. The van der Waals surface area contributed by atoms with Crippen molar-refractivity contribution in [2.45, 2.75) is 44.2 Å². The Bertz CT molecular complexity index is 346. The maximum absolute atomic E-state index is 5.90. The highest BCUT2D eigenvalue weighted by Gasteiger charge is 2.17. The van der Waals surface area contributed by atoms with Gasteiger partial charge in [-0.25, -0.2) is 0 Å². The van der Waals surface area contributed by atoms with Gasteiger partial charge >= 0.3 is 0 Å². The Morgan fingerprint density at radius 3 is 2.71 bits per heavy atom. The number of nitrogens with one attached hydrogen (secondary N) is 1. The summed E-state index contributed by atoms with van der Waals surface area (Å²) in [6.07, 6.45) is 5.92. The minimum atomic E-state index is 0.443. The van der Waals surface area contributed by atoms with Gasteiger partial charge in [0.2, 0.25) is 0 Å². The van der Waals surface area contributed by atoms with Crippen molar-refractivity contribution in [3.05, 3.63) is 34.3 Å². The lowest BCUT2D eigenvalue weighted by molar-refractivity contribution is 0.344. The van der Waals surface area contributed by atoms with E-state index in [1.807, 2.05) is 0 Å². The van der Waals surface area contributed by atoms with E-state index in [9.17, 15) is 0 Å². The van der Waals surface area contributed by atoms with Gasteiger partial charge in [0.15, 0.2) is 0 Å². The standard InChI is InChI=1S/C14H21BrN2/c15-12-3-1-2-11(10-12)8-9-17-14-6-4-13(16)5-7-14/h1-3,10,13-14,17H,4-9,16H2. The van der Waals surface area contributed by atoms with E-state index in [-0.39, 0.29) is 0 Å². The summed E-state index contributed by atoms with van der Waals surface area (Å²) in [5.41, 5.74) is 7.29. The molecule has 0 atom stereocenters. The molecule has 1 fully saturated rings. The van der Waals surface area contributed by atoms with Gasteiger partial charge in [-0.15, -0.1) is 0 Å². The van der Waals surface area contributed by atoms with Gasteiger partial charge in [-0.1, -0.05) is 28.1 Å². The molecule has 1 aromatic rings. The number of hydrogen-bond acceptors (Lipinski definition) is 2. The Hall–Kier alpha value is -0.380. The lowest BCUT2D eigenvalue weighted by Gasteiger charge is -2.26.